The maximum absolute atomic E-state index is 12.9. The SMILES string of the molecule is COc1cc(/C=C(\C#N)C(=O)Nc2cccc(C(F)(F)F)c2)cc(I)c1Cc1ccccc1Cl. The molecule has 3 aromatic rings. The van der Waals surface area contributed by atoms with E-state index < -0.39 is 17.6 Å². The predicted octanol–water partition coefficient (Wildman–Crippen LogP) is 7.11. The zero-order valence-corrected chi connectivity index (χ0v) is 20.6. The number of nitrogens with one attached hydrogen (secondary N) is 1. The summed E-state index contributed by atoms with van der Waals surface area (Å²) >= 11 is 8.42. The minimum atomic E-state index is -4.55. The Morgan fingerprint density at radius 2 is 1.91 bits per heavy atom. The van der Waals surface area contributed by atoms with Crippen LogP contribution in [0, 0.1) is 14.9 Å². The summed E-state index contributed by atoms with van der Waals surface area (Å²) in [7, 11) is 1.51. The second kappa shape index (κ2) is 10.9. The van der Waals surface area contributed by atoms with E-state index in [1.165, 1.54) is 25.3 Å². The van der Waals surface area contributed by atoms with Crippen LogP contribution in [-0.4, -0.2) is 13.0 Å². The number of methoxy groups -OCH3 is 1. The Balaban J connectivity index is 1.88. The van der Waals surface area contributed by atoms with Gasteiger partial charge in [-0.1, -0.05) is 35.9 Å². The molecule has 0 aliphatic heterocycles. The molecule has 0 spiro atoms. The van der Waals surface area contributed by atoms with Crippen LogP contribution in [0.15, 0.2) is 66.2 Å². The van der Waals surface area contributed by atoms with Crippen LogP contribution in [-0.2, 0) is 17.4 Å². The van der Waals surface area contributed by atoms with Crippen molar-refractivity contribution in [1.82, 2.24) is 0 Å². The van der Waals surface area contributed by atoms with Crippen LogP contribution in [0.1, 0.15) is 22.3 Å². The summed E-state index contributed by atoms with van der Waals surface area (Å²) in [4.78, 5) is 12.6. The summed E-state index contributed by atoms with van der Waals surface area (Å²) < 4.78 is 45.1. The van der Waals surface area contributed by atoms with Crippen molar-refractivity contribution in [1.29, 1.82) is 5.26 Å². The number of anilines is 1. The van der Waals surface area contributed by atoms with E-state index in [-0.39, 0.29) is 11.3 Å². The number of amides is 1. The fraction of sp³-hybridized carbons (Fsp3) is 0.120. The molecule has 0 saturated heterocycles. The number of nitrogens with zero attached hydrogens (tertiary/aromatic N) is 1. The quantitative estimate of drug-likeness (QED) is 0.187. The standard InChI is InChI=1S/C25H17ClF3IN2O2/c1-34-23-11-15(10-22(30)20(23)12-16-5-2-3-8-21(16)26)9-17(14-31)24(33)32-19-7-4-6-18(13-19)25(27,28)29/h2-11,13H,12H2,1H3,(H,32,33)/b17-9+. The summed E-state index contributed by atoms with van der Waals surface area (Å²) in [6.45, 7) is 0. The smallest absolute Gasteiger partial charge is 0.416 e. The third kappa shape index (κ3) is 6.30. The zero-order valence-electron chi connectivity index (χ0n) is 17.7. The topological polar surface area (TPSA) is 62.1 Å². The predicted molar refractivity (Wildman–Crippen MR) is 134 cm³/mol. The van der Waals surface area contributed by atoms with Gasteiger partial charge >= 0.3 is 6.18 Å². The van der Waals surface area contributed by atoms with Crippen molar-refractivity contribution >= 4 is 51.9 Å². The summed E-state index contributed by atoms with van der Waals surface area (Å²) in [5.41, 5.74) is 1.10. The number of ether oxygens (including phenoxy) is 1. The van der Waals surface area contributed by atoms with Crippen molar-refractivity contribution in [3.8, 4) is 11.8 Å². The van der Waals surface area contributed by atoms with E-state index in [0.717, 1.165) is 26.8 Å². The van der Waals surface area contributed by atoms with Gasteiger partial charge in [0.1, 0.15) is 17.4 Å². The molecule has 0 heterocycles. The van der Waals surface area contributed by atoms with Crippen LogP contribution in [0.5, 0.6) is 5.75 Å². The van der Waals surface area contributed by atoms with Crippen molar-refractivity contribution in [2.24, 2.45) is 0 Å². The lowest BCUT2D eigenvalue weighted by Gasteiger charge is -2.13. The van der Waals surface area contributed by atoms with E-state index in [1.807, 2.05) is 18.2 Å². The van der Waals surface area contributed by atoms with Gasteiger partial charge in [-0.15, -0.1) is 0 Å². The van der Waals surface area contributed by atoms with Gasteiger partial charge in [-0.25, -0.2) is 0 Å². The van der Waals surface area contributed by atoms with Gasteiger partial charge in [0.05, 0.1) is 12.7 Å². The van der Waals surface area contributed by atoms with Gasteiger partial charge in [-0.3, -0.25) is 4.79 Å². The normalized spacial score (nSPS) is 11.6. The number of carbonyl (C=O) groups is 1. The Labute approximate surface area is 213 Å². The molecular weight excluding hydrogens is 580 g/mol. The van der Waals surface area contributed by atoms with E-state index in [0.29, 0.717) is 22.8 Å². The van der Waals surface area contributed by atoms with Crippen molar-refractivity contribution < 1.29 is 22.7 Å². The van der Waals surface area contributed by atoms with Crippen molar-refractivity contribution in [3.63, 3.8) is 0 Å². The van der Waals surface area contributed by atoms with Gasteiger partial charge in [-0.2, -0.15) is 18.4 Å². The largest absolute Gasteiger partial charge is 0.496 e. The minimum Gasteiger partial charge on any atom is -0.496 e. The highest BCUT2D eigenvalue weighted by molar-refractivity contribution is 14.1. The van der Waals surface area contributed by atoms with Crippen molar-refractivity contribution in [2.75, 3.05) is 12.4 Å². The highest BCUT2D eigenvalue weighted by Gasteiger charge is 2.30. The maximum Gasteiger partial charge on any atom is 0.416 e. The van der Waals surface area contributed by atoms with E-state index in [4.69, 9.17) is 16.3 Å². The molecule has 0 fully saturated rings. The molecule has 1 N–H and O–H groups in total. The number of hydrogen-bond acceptors (Lipinski definition) is 3. The highest BCUT2D eigenvalue weighted by atomic mass is 127. The molecule has 9 heteroatoms. The first-order valence-corrected chi connectivity index (χ1v) is 11.3. The van der Waals surface area contributed by atoms with Crippen molar-refractivity contribution in [3.05, 3.63) is 97.1 Å². The number of alkyl halides is 3. The number of halogens is 5. The molecule has 4 nitrogen and oxygen atoms in total. The maximum atomic E-state index is 12.9. The summed E-state index contributed by atoms with van der Waals surface area (Å²) in [5, 5.41) is 12.5. The first kappa shape index (κ1) is 25.6. The van der Waals surface area contributed by atoms with Crippen LogP contribution >= 0.6 is 34.2 Å². The monoisotopic (exact) mass is 596 g/mol. The Hall–Kier alpha value is -3.03. The Morgan fingerprint density at radius 1 is 1.18 bits per heavy atom. The van der Waals surface area contributed by atoms with Crippen LogP contribution in [0.25, 0.3) is 6.08 Å². The number of benzene rings is 3. The lowest BCUT2D eigenvalue weighted by atomic mass is 10.0. The first-order chi connectivity index (χ1) is 16.1. The minimum absolute atomic E-state index is 0.0665. The third-order valence-electron chi connectivity index (χ3n) is 4.85. The molecule has 0 aliphatic carbocycles. The molecular formula is C25H17ClF3IN2O2. The molecule has 0 unspecified atom stereocenters. The molecule has 34 heavy (non-hydrogen) atoms. The van der Waals surface area contributed by atoms with Crippen LogP contribution in [0.4, 0.5) is 18.9 Å². The summed E-state index contributed by atoms with van der Waals surface area (Å²) in [6, 6.07) is 16.9. The van der Waals surface area contributed by atoms with Gasteiger partial charge in [0.25, 0.3) is 5.91 Å². The Bertz CT molecular complexity index is 1300. The highest BCUT2D eigenvalue weighted by Crippen LogP contribution is 2.32. The number of nitriles is 1. The van der Waals surface area contributed by atoms with Crippen LogP contribution < -0.4 is 10.1 Å². The number of rotatable bonds is 6. The van der Waals surface area contributed by atoms with Crippen LogP contribution in [0.2, 0.25) is 5.02 Å². The molecule has 174 valence electrons. The molecule has 0 atom stereocenters. The lowest BCUT2D eigenvalue weighted by molar-refractivity contribution is -0.137. The molecule has 0 aromatic heterocycles. The van der Waals surface area contributed by atoms with Gasteiger partial charge in [0.2, 0.25) is 0 Å². The zero-order chi connectivity index (χ0) is 24.9. The molecule has 0 aliphatic rings. The molecule has 1 amide bonds. The van der Waals surface area contributed by atoms with E-state index in [9.17, 15) is 23.2 Å². The average molecular weight is 597 g/mol. The van der Waals surface area contributed by atoms with Gasteiger partial charge in [-0.05, 0) is 76.2 Å². The van der Waals surface area contributed by atoms with Crippen LogP contribution in [0.3, 0.4) is 0 Å². The van der Waals surface area contributed by atoms with Crippen molar-refractivity contribution in [2.45, 2.75) is 12.6 Å². The Kier molecular flexibility index (Phi) is 8.23. The summed E-state index contributed by atoms with van der Waals surface area (Å²) in [5.74, 6) is -0.274. The first-order valence-electron chi connectivity index (χ1n) is 9.82. The van der Waals surface area contributed by atoms with E-state index >= 15 is 0 Å². The molecule has 0 saturated carbocycles. The van der Waals surface area contributed by atoms with Gasteiger partial charge in [0.15, 0.2) is 0 Å². The fourth-order valence-corrected chi connectivity index (χ4v) is 4.21. The molecule has 3 aromatic carbocycles. The van der Waals surface area contributed by atoms with E-state index in [1.54, 1.807) is 24.3 Å². The lowest BCUT2D eigenvalue weighted by Crippen LogP contribution is -2.14. The van der Waals surface area contributed by atoms with Gasteiger partial charge < -0.3 is 10.1 Å². The Morgan fingerprint density at radius 3 is 2.56 bits per heavy atom. The molecule has 0 bridgehead atoms. The average Bonchev–Trinajstić information content (AvgIpc) is 2.79. The second-order valence-electron chi connectivity index (χ2n) is 7.15. The van der Waals surface area contributed by atoms with Gasteiger partial charge in [0, 0.05) is 26.3 Å². The number of hydrogen-bond donors (Lipinski definition) is 1. The second-order valence-corrected chi connectivity index (χ2v) is 8.72. The number of carbonyl (C=O) groups excluding carboxylic acids is 1. The van der Waals surface area contributed by atoms with E-state index in [2.05, 4.69) is 27.9 Å². The third-order valence-corrected chi connectivity index (χ3v) is 6.18. The summed E-state index contributed by atoms with van der Waals surface area (Å²) in [6.07, 6.45) is -2.67. The fourth-order valence-electron chi connectivity index (χ4n) is 3.19. The molecule has 0 radical (unpaired) electrons. The molecule has 3 rings (SSSR count).